The second kappa shape index (κ2) is 16.9. The highest BCUT2D eigenvalue weighted by Gasteiger charge is 2.45. The number of amides is 2. The van der Waals surface area contributed by atoms with Crippen molar-refractivity contribution in [2.75, 3.05) is 0 Å². The lowest BCUT2D eigenvalue weighted by molar-refractivity contribution is -0.153. The van der Waals surface area contributed by atoms with Gasteiger partial charge in [0.1, 0.15) is 6.10 Å². The van der Waals surface area contributed by atoms with Gasteiger partial charge in [0.05, 0.1) is 17.2 Å². The Labute approximate surface area is 288 Å². The highest BCUT2D eigenvalue weighted by molar-refractivity contribution is 6.23. The maximum atomic E-state index is 13.7. The lowest BCUT2D eigenvalue weighted by Gasteiger charge is -2.36. The second-order valence-corrected chi connectivity index (χ2v) is 15.1. The summed E-state index contributed by atoms with van der Waals surface area (Å²) in [5, 5.41) is 4.11. The summed E-state index contributed by atoms with van der Waals surface area (Å²) in [6, 6.07) is 15.6. The summed E-state index contributed by atoms with van der Waals surface area (Å²) >= 11 is 0. The van der Waals surface area contributed by atoms with Crippen molar-refractivity contribution < 1.29 is 19.1 Å². The summed E-state index contributed by atoms with van der Waals surface area (Å²) in [6.07, 6.45) is 24.4. The van der Waals surface area contributed by atoms with Gasteiger partial charge in [-0.3, -0.25) is 19.3 Å². The standard InChI is InChI=1S/C43H57NO4/c1-2-3-4-5-6-7-9-12-19-31-26-32(31)20-13-10-8-11-14-25-41(45)48-40-24-18-17-23-39(40)44-42(46)37-29-35-27-33-21-15-16-22-34(33)28-36(35)30-38(37)43(44)47/h15-16,21-22,27-32,39-40H,2-14,17-20,23-26H2,1H3/t31-,32+,39+,40+/m1/s1. The van der Waals surface area contributed by atoms with E-state index in [1.165, 1.54) is 94.8 Å². The van der Waals surface area contributed by atoms with Crippen molar-refractivity contribution in [3.63, 3.8) is 0 Å². The molecular weight excluding hydrogens is 594 g/mol. The number of esters is 1. The van der Waals surface area contributed by atoms with Crippen LogP contribution in [0.3, 0.4) is 0 Å². The van der Waals surface area contributed by atoms with Crippen LogP contribution in [0.4, 0.5) is 0 Å². The number of rotatable bonds is 19. The van der Waals surface area contributed by atoms with Crippen molar-refractivity contribution in [2.45, 2.75) is 154 Å². The van der Waals surface area contributed by atoms with Crippen molar-refractivity contribution in [2.24, 2.45) is 11.8 Å². The molecule has 48 heavy (non-hydrogen) atoms. The first-order chi connectivity index (χ1) is 23.5. The normalized spacial score (nSPS) is 22.1. The third kappa shape index (κ3) is 8.68. The zero-order valence-electron chi connectivity index (χ0n) is 29.4. The molecule has 1 aliphatic heterocycles. The van der Waals surface area contributed by atoms with Gasteiger partial charge in [0.25, 0.3) is 11.8 Å². The van der Waals surface area contributed by atoms with Gasteiger partial charge in [0, 0.05) is 6.42 Å². The number of hydrogen-bond acceptors (Lipinski definition) is 4. The van der Waals surface area contributed by atoms with Crippen LogP contribution in [0.1, 0.15) is 162 Å². The maximum Gasteiger partial charge on any atom is 0.306 e. The second-order valence-electron chi connectivity index (χ2n) is 15.1. The fourth-order valence-electron chi connectivity index (χ4n) is 8.50. The third-order valence-corrected chi connectivity index (χ3v) is 11.5. The van der Waals surface area contributed by atoms with Crippen molar-refractivity contribution in [3.8, 4) is 0 Å². The van der Waals surface area contributed by atoms with Gasteiger partial charge in [-0.1, -0.05) is 128 Å². The molecule has 0 N–H and O–H groups in total. The monoisotopic (exact) mass is 651 g/mol. The van der Waals surface area contributed by atoms with E-state index in [4.69, 9.17) is 4.74 Å². The maximum absolute atomic E-state index is 13.7. The Morgan fingerprint density at radius 1 is 0.667 bits per heavy atom. The molecule has 0 radical (unpaired) electrons. The zero-order valence-corrected chi connectivity index (χ0v) is 29.4. The molecule has 2 saturated carbocycles. The largest absolute Gasteiger partial charge is 0.460 e. The van der Waals surface area contributed by atoms with E-state index in [9.17, 15) is 14.4 Å². The molecule has 2 amide bonds. The number of carbonyl (C=O) groups is 3. The summed E-state index contributed by atoms with van der Waals surface area (Å²) in [5.41, 5.74) is 0.915. The molecule has 0 bridgehead atoms. The minimum Gasteiger partial charge on any atom is -0.460 e. The van der Waals surface area contributed by atoms with Crippen LogP contribution in [0.25, 0.3) is 21.5 Å². The molecule has 1 heterocycles. The lowest BCUT2D eigenvalue weighted by atomic mass is 9.91. The van der Waals surface area contributed by atoms with Crippen molar-refractivity contribution in [3.05, 3.63) is 59.7 Å². The highest BCUT2D eigenvalue weighted by Crippen LogP contribution is 2.46. The van der Waals surface area contributed by atoms with Gasteiger partial charge in [-0.2, -0.15) is 0 Å². The van der Waals surface area contributed by atoms with E-state index in [2.05, 4.69) is 31.2 Å². The zero-order chi connectivity index (χ0) is 33.3. The number of unbranched alkanes of at least 4 members (excludes halogenated alkanes) is 11. The first-order valence-electron chi connectivity index (χ1n) is 19.6. The minimum atomic E-state index is -0.428. The van der Waals surface area contributed by atoms with Crippen molar-refractivity contribution >= 4 is 39.3 Å². The number of nitrogens with zero attached hydrogens (tertiary/aromatic N) is 1. The van der Waals surface area contributed by atoms with Crippen LogP contribution in [0.5, 0.6) is 0 Å². The molecule has 2 fully saturated rings. The molecule has 3 aromatic rings. The lowest BCUT2D eigenvalue weighted by Crippen LogP contribution is -2.49. The van der Waals surface area contributed by atoms with Gasteiger partial charge >= 0.3 is 5.97 Å². The predicted molar refractivity (Wildman–Crippen MR) is 195 cm³/mol. The van der Waals surface area contributed by atoms with E-state index < -0.39 is 12.1 Å². The summed E-state index contributed by atoms with van der Waals surface area (Å²) in [7, 11) is 0. The Morgan fingerprint density at radius 3 is 1.77 bits per heavy atom. The topological polar surface area (TPSA) is 63.7 Å². The van der Waals surface area contributed by atoms with E-state index in [0.29, 0.717) is 30.4 Å². The molecule has 5 nitrogen and oxygen atoms in total. The van der Waals surface area contributed by atoms with E-state index in [0.717, 1.165) is 59.1 Å². The number of imide groups is 1. The summed E-state index contributed by atoms with van der Waals surface area (Å²) < 4.78 is 6.01. The van der Waals surface area contributed by atoms with Crippen molar-refractivity contribution in [1.82, 2.24) is 4.90 Å². The number of hydrogen-bond donors (Lipinski definition) is 0. The van der Waals surface area contributed by atoms with Gasteiger partial charge in [0.2, 0.25) is 0 Å². The van der Waals surface area contributed by atoms with Crippen molar-refractivity contribution in [1.29, 1.82) is 0 Å². The van der Waals surface area contributed by atoms with Gasteiger partial charge in [-0.05, 0) is 89.8 Å². The SMILES string of the molecule is CCCCCCCCCC[C@@H]1C[C@@H]1CCCCCCCC(=O)O[C@H]1CCCC[C@@H]1N1C(=O)c2cc3cc4ccccc4cc3cc2C1=O. The van der Waals surface area contributed by atoms with Crippen LogP contribution in [-0.4, -0.2) is 34.8 Å². The average Bonchev–Trinajstić information content (AvgIpc) is 3.80. The first kappa shape index (κ1) is 34.6. The quantitative estimate of drug-likeness (QED) is 0.0560. The minimum absolute atomic E-state index is 0.192. The molecule has 4 atom stereocenters. The predicted octanol–water partition coefficient (Wildman–Crippen LogP) is 11.3. The van der Waals surface area contributed by atoms with Crippen LogP contribution in [0, 0.1) is 11.8 Å². The Bertz CT molecular complexity index is 1490. The Morgan fingerprint density at radius 2 is 1.19 bits per heavy atom. The fraction of sp³-hybridized carbons (Fsp3) is 0.605. The van der Waals surface area contributed by atoms with Gasteiger partial charge in [-0.15, -0.1) is 0 Å². The summed E-state index contributed by atoms with van der Waals surface area (Å²) in [4.78, 5) is 41.7. The van der Waals surface area contributed by atoms with E-state index in [-0.39, 0.29) is 17.8 Å². The molecular formula is C43H57NO4. The summed E-state index contributed by atoms with van der Waals surface area (Å²) in [6.45, 7) is 2.28. The molecule has 6 rings (SSSR count). The molecule has 0 unspecified atom stereocenters. The van der Waals surface area contributed by atoms with Crippen LogP contribution in [0.2, 0.25) is 0 Å². The molecule has 258 valence electrons. The smallest absolute Gasteiger partial charge is 0.306 e. The van der Waals surface area contributed by atoms with Crippen LogP contribution in [0.15, 0.2) is 48.5 Å². The van der Waals surface area contributed by atoms with Gasteiger partial charge < -0.3 is 4.74 Å². The summed E-state index contributed by atoms with van der Waals surface area (Å²) in [5.74, 6) is 1.27. The molecule has 3 aliphatic rings. The number of fused-ring (bicyclic) bond motifs is 3. The van der Waals surface area contributed by atoms with Crippen LogP contribution < -0.4 is 0 Å². The third-order valence-electron chi connectivity index (χ3n) is 11.5. The molecule has 0 spiro atoms. The van der Waals surface area contributed by atoms with E-state index in [1.54, 1.807) is 0 Å². The van der Waals surface area contributed by atoms with Gasteiger partial charge in [0.15, 0.2) is 0 Å². The molecule has 3 aromatic carbocycles. The van der Waals surface area contributed by atoms with Gasteiger partial charge in [-0.25, -0.2) is 0 Å². The fourth-order valence-corrected chi connectivity index (χ4v) is 8.50. The van der Waals surface area contributed by atoms with Crippen LogP contribution >= 0.6 is 0 Å². The Balaban J connectivity index is 0.889. The average molecular weight is 652 g/mol. The van der Waals surface area contributed by atoms with E-state index in [1.807, 2.05) is 24.3 Å². The Hall–Kier alpha value is -3.21. The van der Waals surface area contributed by atoms with Crippen LogP contribution in [-0.2, 0) is 9.53 Å². The number of ether oxygens (including phenoxy) is 1. The highest BCUT2D eigenvalue weighted by atomic mass is 16.5. The first-order valence-corrected chi connectivity index (χ1v) is 19.6. The number of carbonyl (C=O) groups excluding carboxylic acids is 3. The Kier molecular flexibility index (Phi) is 12.2. The van der Waals surface area contributed by atoms with E-state index >= 15 is 0 Å². The molecule has 5 heteroatoms. The molecule has 2 aliphatic carbocycles. The molecule has 0 saturated heterocycles. The molecule has 0 aromatic heterocycles. The number of benzene rings is 3.